The van der Waals surface area contributed by atoms with Crippen molar-refractivity contribution in [1.82, 2.24) is 10.9 Å². The molecule has 7 nitrogen and oxygen atoms in total. The van der Waals surface area contributed by atoms with E-state index in [1.807, 2.05) is 0 Å². The van der Waals surface area contributed by atoms with Crippen LogP contribution in [-0.4, -0.2) is 16.7 Å². The summed E-state index contributed by atoms with van der Waals surface area (Å²) >= 11 is 0. The van der Waals surface area contributed by atoms with Crippen LogP contribution in [0, 0.1) is 33.3 Å². The predicted octanol–water partition coefficient (Wildman–Crippen LogP) is 2.97. The number of nitro groups is 1. The third-order valence-electron chi connectivity index (χ3n) is 6.33. The van der Waals surface area contributed by atoms with Crippen molar-refractivity contribution in [2.24, 2.45) is 23.2 Å². The minimum absolute atomic E-state index is 0.0346. The van der Waals surface area contributed by atoms with Crippen molar-refractivity contribution < 1.29 is 14.5 Å². The van der Waals surface area contributed by atoms with Gasteiger partial charge < -0.3 is 0 Å². The fourth-order valence-corrected chi connectivity index (χ4v) is 5.60. The summed E-state index contributed by atoms with van der Waals surface area (Å²) in [6.07, 6.45) is 9.32. The summed E-state index contributed by atoms with van der Waals surface area (Å²) in [4.78, 5) is 35.1. The van der Waals surface area contributed by atoms with Crippen molar-refractivity contribution in [3.63, 3.8) is 0 Å². The lowest BCUT2D eigenvalue weighted by molar-refractivity contribution is -0.384. The first-order valence-corrected chi connectivity index (χ1v) is 9.46. The molecule has 0 atom stereocenters. The second-order valence-corrected chi connectivity index (χ2v) is 8.33. The zero-order valence-corrected chi connectivity index (χ0v) is 15.0. The van der Waals surface area contributed by atoms with Crippen LogP contribution in [0.4, 0.5) is 5.69 Å². The van der Waals surface area contributed by atoms with E-state index in [4.69, 9.17) is 0 Å². The van der Waals surface area contributed by atoms with Gasteiger partial charge in [0, 0.05) is 18.2 Å². The molecule has 4 fully saturated rings. The molecule has 0 unspecified atom stereocenters. The number of nitro benzene ring substituents is 1. The van der Waals surface area contributed by atoms with Crippen LogP contribution < -0.4 is 10.9 Å². The highest BCUT2D eigenvalue weighted by molar-refractivity contribution is 5.94. The molecule has 0 saturated heterocycles. The van der Waals surface area contributed by atoms with E-state index in [2.05, 4.69) is 10.9 Å². The summed E-state index contributed by atoms with van der Waals surface area (Å²) in [5.74, 6) is 1.45. The Bertz CT molecular complexity index is 782. The molecule has 2 N–H and O–H groups in total. The molecule has 5 rings (SSSR count). The second-order valence-electron chi connectivity index (χ2n) is 8.33. The van der Waals surface area contributed by atoms with Gasteiger partial charge in [0.05, 0.1) is 10.3 Å². The Labute approximate surface area is 157 Å². The SMILES string of the molecule is O=C(/C=C\c1cccc([N+](=O)[O-])c1)NNC(=O)C12CC3CC(CC(C3)C1)C2. The summed E-state index contributed by atoms with van der Waals surface area (Å²) in [7, 11) is 0. The van der Waals surface area contributed by atoms with E-state index in [9.17, 15) is 19.7 Å². The standard InChI is InChI=1S/C20H23N3O4/c24-18(5-4-13-2-1-3-17(9-13)23(26)27)21-22-19(25)20-10-14-6-15(11-20)8-16(7-14)12-20/h1-5,9,14-16H,6-8,10-12H2,(H,21,24)(H,22,25)/b5-4-. The maximum Gasteiger partial charge on any atom is 0.270 e. The van der Waals surface area contributed by atoms with Gasteiger partial charge in [0.1, 0.15) is 0 Å². The van der Waals surface area contributed by atoms with Crippen molar-refractivity contribution in [2.45, 2.75) is 38.5 Å². The van der Waals surface area contributed by atoms with Gasteiger partial charge in [-0.05, 0) is 67.9 Å². The predicted molar refractivity (Wildman–Crippen MR) is 99.0 cm³/mol. The highest BCUT2D eigenvalue weighted by Gasteiger charge is 2.54. The lowest BCUT2D eigenvalue weighted by Gasteiger charge is -2.55. The van der Waals surface area contributed by atoms with Crippen molar-refractivity contribution in [3.05, 3.63) is 46.0 Å². The van der Waals surface area contributed by atoms with Gasteiger partial charge >= 0.3 is 0 Å². The van der Waals surface area contributed by atoms with E-state index in [1.54, 1.807) is 12.1 Å². The summed E-state index contributed by atoms with van der Waals surface area (Å²) in [6, 6.07) is 6.01. The molecule has 0 aliphatic heterocycles. The molecule has 0 aromatic heterocycles. The van der Waals surface area contributed by atoms with E-state index in [0.717, 1.165) is 19.3 Å². The quantitative estimate of drug-likeness (QED) is 0.484. The first-order valence-electron chi connectivity index (χ1n) is 9.46. The molecule has 4 aliphatic carbocycles. The van der Waals surface area contributed by atoms with Crippen LogP contribution in [-0.2, 0) is 9.59 Å². The summed E-state index contributed by atoms with van der Waals surface area (Å²) in [5, 5.41) is 10.8. The third-order valence-corrected chi connectivity index (χ3v) is 6.33. The minimum atomic E-state index is -0.483. The highest BCUT2D eigenvalue weighted by Crippen LogP contribution is 2.60. The van der Waals surface area contributed by atoms with E-state index in [-0.39, 0.29) is 17.0 Å². The maximum absolute atomic E-state index is 12.8. The number of non-ortho nitro benzene ring substituents is 1. The van der Waals surface area contributed by atoms with Gasteiger partial charge in [-0.1, -0.05) is 12.1 Å². The zero-order valence-electron chi connectivity index (χ0n) is 15.0. The molecule has 0 spiro atoms. The average Bonchev–Trinajstić information content (AvgIpc) is 2.63. The lowest BCUT2D eigenvalue weighted by Crippen LogP contribution is -2.56. The van der Waals surface area contributed by atoms with Crippen LogP contribution in [0.5, 0.6) is 0 Å². The Balaban J connectivity index is 1.33. The van der Waals surface area contributed by atoms with Crippen LogP contribution in [0.2, 0.25) is 0 Å². The fraction of sp³-hybridized carbons (Fsp3) is 0.500. The van der Waals surface area contributed by atoms with Gasteiger partial charge in [-0.2, -0.15) is 0 Å². The van der Waals surface area contributed by atoms with Crippen molar-refractivity contribution in [2.75, 3.05) is 0 Å². The zero-order chi connectivity index (χ0) is 19.0. The van der Waals surface area contributed by atoms with Gasteiger partial charge in [-0.3, -0.25) is 30.6 Å². The molecule has 142 valence electrons. The molecule has 4 bridgehead atoms. The van der Waals surface area contributed by atoms with Crippen LogP contribution in [0.15, 0.2) is 30.3 Å². The number of nitrogens with zero attached hydrogens (tertiary/aromatic N) is 1. The average molecular weight is 369 g/mol. The molecule has 27 heavy (non-hydrogen) atoms. The summed E-state index contributed by atoms with van der Waals surface area (Å²) in [5.41, 5.74) is 5.26. The van der Waals surface area contributed by atoms with Gasteiger partial charge in [0.15, 0.2) is 0 Å². The molecule has 1 aromatic carbocycles. The smallest absolute Gasteiger partial charge is 0.270 e. The normalized spacial score (nSPS) is 31.0. The number of hydrogen-bond acceptors (Lipinski definition) is 4. The molecular formula is C20H23N3O4. The number of hydrazine groups is 1. The van der Waals surface area contributed by atoms with E-state index in [1.165, 1.54) is 43.5 Å². The number of carbonyl (C=O) groups excluding carboxylic acids is 2. The highest BCUT2D eigenvalue weighted by atomic mass is 16.6. The molecule has 4 aliphatic rings. The van der Waals surface area contributed by atoms with Crippen molar-refractivity contribution >= 4 is 23.6 Å². The van der Waals surface area contributed by atoms with E-state index in [0.29, 0.717) is 23.3 Å². The van der Waals surface area contributed by atoms with Crippen LogP contribution in [0.25, 0.3) is 6.08 Å². The molecule has 1 aromatic rings. The number of carbonyl (C=O) groups is 2. The molecule has 4 saturated carbocycles. The molecule has 0 heterocycles. The molecular weight excluding hydrogens is 346 g/mol. The summed E-state index contributed by atoms with van der Waals surface area (Å²) < 4.78 is 0. The van der Waals surface area contributed by atoms with E-state index >= 15 is 0 Å². The monoisotopic (exact) mass is 369 g/mol. The van der Waals surface area contributed by atoms with Crippen LogP contribution in [0.1, 0.15) is 44.1 Å². The topological polar surface area (TPSA) is 101 Å². The Morgan fingerprint density at radius 1 is 1.07 bits per heavy atom. The number of nitrogens with one attached hydrogen (secondary N) is 2. The van der Waals surface area contributed by atoms with Crippen LogP contribution in [0.3, 0.4) is 0 Å². The first-order chi connectivity index (χ1) is 12.9. The van der Waals surface area contributed by atoms with Gasteiger partial charge in [-0.15, -0.1) is 0 Å². The molecule has 0 radical (unpaired) electrons. The molecule has 2 amide bonds. The number of hydrogen-bond donors (Lipinski definition) is 2. The Morgan fingerprint density at radius 3 is 2.30 bits per heavy atom. The minimum Gasteiger partial charge on any atom is -0.273 e. The first kappa shape index (κ1) is 17.7. The molecule has 7 heteroatoms. The van der Waals surface area contributed by atoms with Crippen molar-refractivity contribution in [3.8, 4) is 0 Å². The van der Waals surface area contributed by atoms with Crippen LogP contribution >= 0.6 is 0 Å². The summed E-state index contributed by atoms with van der Waals surface area (Å²) in [6.45, 7) is 0. The van der Waals surface area contributed by atoms with E-state index < -0.39 is 10.8 Å². The maximum atomic E-state index is 12.8. The lowest BCUT2D eigenvalue weighted by atomic mass is 9.49. The number of benzene rings is 1. The number of amides is 2. The third kappa shape index (κ3) is 3.59. The fourth-order valence-electron chi connectivity index (χ4n) is 5.60. The Kier molecular flexibility index (Phi) is 4.45. The van der Waals surface area contributed by atoms with Gasteiger partial charge in [0.25, 0.3) is 11.6 Å². The Hall–Kier alpha value is -2.70. The van der Waals surface area contributed by atoms with Gasteiger partial charge in [-0.25, -0.2) is 0 Å². The van der Waals surface area contributed by atoms with Crippen molar-refractivity contribution in [1.29, 1.82) is 0 Å². The second kappa shape index (κ2) is 6.79. The van der Waals surface area contributed by atoms with Gasteiger partial charge in [0.2, 0.25) is 5.91 Å². The number of rotatable bonds is 4. The Morgan fingerprint density at radius 2 is 1.70 bits per heavy atom. The largest absolute Gasteiger partial charge is 0.273 e.